The van der Waals surface area contributed by atoms with Gasteiger partial charge in [0.25, 0.3) is 0 Å². The first kappa shape index (κ1) is 19.9. The Hall–Kier alpha value is -0.843. The number of rotatable bonds is 5. The third-order valence-electron chi connectivity index (χ3n) is 6.79. The van der Waals surface area contributed by atoms with E-state index in [9.17, 15) is 0 Å². The fourth-order valence-electron chi connectivity index (χ4n) is 3.78. The van der Waals surface area contributed by atoms with E-state index in [1.807, 2.05) is 0 Å². The number of fused-ring (bicyclic) bond motifs is 1. The molecule has 2 atom stereocenters. The van der Waals surface area contributed by atoms with E-state index in [4.69, 9.17) is 9.16 Å². The van der Waals surface area contributed by atoms with E-state index >= 15 is 0 Å². The van der Waals surface area contributed by atoms with Crippen LogP contribution in [0, 0.1) is 5.92 Å². The molecule has 0 saturated carbocycles. The Morgan fingerprint density at radius 1 is 1.31 bits per heavy atom. The van der Waals surface area contributed by atoms with Crippen LogP contribution in [0.5, 0.6) is 5.75 Å². The molecule has 1 aromatic carbocycles. The predicted octanol–water partition coefficient (Wildman–Crippen LogP) is 5.42. The third-order valence-corrected chi connectivity index (χ3v) is 11.3. The summed E-state index contributed by atoms with van der Waals surface area (Å²) in [6, 6.07) is 7.27. The first-order valence-corrected chi connectivity index (χ1v) is 13.2. The van der Waals surface area contributed by atoms with Crippen molar-refractivity contribution in [3.8, 4) is 5.75 Å². The quantitative estimate of drug-likeness (QED) is 0.642. The lowest BCUT2D eigenvalue weighted by molar-refractivity contribution is 0.0963. The molecule has 3 nitrogen and oxygen atoms in total. The highest BCUT2D eigenvalue weighted by Gasteiger charge is 2.38. The Kier molecular flexibility index (Phi) is 5.85. The van der Waals surface area contributed by atoms with Crippen LogP contribution in [-0.2, 0) is 10.8 Å². The Labute approximate surface area is 161 Å². The summed E-state index contributed by atoms with van der Waals surface area (Å²) in [7, 11) is -1.65. The largest absolute Gasteiger partial charge is 0.493 e. The van der Waals surface area contributed by atoms with Crippen molar-refractivity contribution in [3.05, 3.63) is 29.3 Å². The second-order valence-electron chi connectivity index (χ2n) is 9.72. The number of ether oxygens (including phenoxy) is 1. The summed E-state index contributed by atoms with van der Waals surface area (Å²) in [4.78, 5) is 2.64. The van der Waals surface area contributed by atoms with Crippen molar-refractivity contribution in [2.24, 2.45) is 5.92 Å². The molecular weight excluding hydrogens is 338 g/mol. The van der Waals surface area contributed by atoms with E-state index in [0.29, 0.717) is 17.0 Å². The van der Waals surface area contributed by atoms with E-state index in [-0.39, 0.29) is 0 Å². The van der Waals surface area contributed by atoms with Gasteiger partial charge in [-0.3, -0.25) is 4.90 Å². The first-order valence-electron chi connectivity index (χ1n) is 10.3. The number of benzene rings is 1. The molecular formula is C22H37NO2Si. The second-order valence-corrected chi connectivity index (χ2v) is 14.5. The van der Waals surface area contributed by atoms with E-state index < -0.39 is 8.32 Å². The smallest absolute Gasteiger partial charge is 0.191 e. The molecule has 2 unspecified atom stereocenters. The van der Waals surface area contributed by atoms with Crippen molar-refractivity contribution >= 4 is 8.32 Å². The van der Waals surface area contributed by atoms with Crippen molar-refractivity contribution in [3.63, 3.8) is 0 Å². The molecule has 0 radical (unpaired) electrons. The normalized spacial score (nSPS) is 22.8. The summed E-state index contributed by atoms with van der Waals surface area (Å²) in [6.07, 6.45) is 3.63. The van der Waals surface area contributed by atoms with Crippen LogP contribution in [0.4, 0.5) is 0 Å². The molecule has 0 amide bonds. The van der Waals surface area contributed by atoms with Gasteiger partial charge in [-0.15, -0.1) is 0 Å². The monoisotopic (exact) mass is 375 g/mol. The molecule has 0 aliphatic carbocycles. The van der Waals surface area contributed by atoms with Crippen LogP contribution in [0.2, 0.25) is 18.1 Å². The first-order chi connectivity index (χ1) is 12.2. The number of hydrogen-bond acceptors (Lipinski definition) is 3. The molecule has 2 aliphatic rings. The maximum atomic E-state index is 6.52. The average molecular weight is 376 g/mol. The maximum absolute atomic E-state index is 6.52. The molecule has 26 heavy (non-hydrogen) atoms. The molecule has 0 aromatic heterocycles. The summed E-state index contributed by atoms with van der Waals surface area (Å²) in [5.74, 6) is 1.76. The van der Waals surface area contributed by atoms with Crippen LogP contribution in [0.3, 0.4) is 0 Å². The van der Waals surface area contributed by atoms with Gasteiger partial charge in [-0.1, -0.05) is 32.9 Å². The SMILES string of the molecule is CC(c1ccc2c(c1)OCC2)N1CCCC(CO[Si](C)(C)C(C)(C)C)C1. The van der Waals surface area contributed by atoms with Crippen LogP contribution < -0.4 is 4.74 Å². The van der Waals surface area contributed by atoms with Gasteiger partial charge in [0.2, 0.25) is 0 Å². The van der Waals surface area contributed by atoms with E-state index in [2.05, 4.69) is 63.9 Å². The second kappa shape index (κ2) is 7.65. The molecule has 2 aliphatic heterocycles. The van der Waals surface area contributed by atoms with Gasteiger partial charge in [0.15, 0.2) is 8.32 Å². The van der Waals surface area contributed by atoms with Crippen LogP contribution in [0.15, 0.2) is 18.2 Å². The van der Waals surface area contributed by atoms with Gasteiger partial charge in [-0.05, 0) is 67.6 Å². The molecule has 146 valence electrons. The van der Waals surface area contributed by atoms with Gasteiger partial charge >= 0.3 is 0 Å². The van der Waals surface area contributed by atoms with E-state index in [1.54, 1.807) is 0 Å². The predicted molar refractivity (Wildman–Crippen MR) is 112 cm³/mol. The number of likely N-dealkylation sites (tertiary alicyclic amines) is 1. The van der Waals surface area contributed by atoms with Gasteiger partial charge in [-0.25, -0.2) is 0 Å². The zero-order valence-corrected chi connectivity index (χ0v) is 18.6. The van der Waals surface area contributed by atoms with Crippen molar-refractivity contribution in [2.75, 3.05) is 26.3 Å². The molecule has 1 fully saturated rings. The van der Waals surface area contributed by atoms with Crippen molar-refractivity contribution in [1.29, 1.82) is 0 Å². The van der Waals surface area contributed by atoms with E-state index in [1.165, 1.54) is 30.5 Å². The topological polar surface area (TPSA) is 21.7 Å². The Morgan fingerprint density at radius 2 is 2.08 bits per heavy atom. The minimum Gasteiger partial charge on any atom is -0.493 e. The van der Waals surface area contributed by atoms with Crippen LogP contribution in [-0.4, -0.2) is 39.5 Å². The fraction of sp³-hybridized carbons (Fsp3) is 0.727. The highest BCUT2D eigenvalue weighted by Crippen LogP contribution is 2.38. The summed E-state index contributed by atoms with van der Waals surface area (Å²) in [5, 5.41) is 0.291. The van der Waals surface area contributed by atoms with Gasteiger partial charge in [0.05, 0.1) is 6.61 Å². The number of nitrogens with zero attached hydrogens (tertiary/aromatic N) is 1. The highest BCUT2D eigenvalue weighted by atomic mass is 28.4. The summed E-state index contributed by atoms with van der Waals surface area (Å²) in [6.45, 7) is 18.1. The summed E-state index contributed by atoms with van der Waals surface area (Å²) < 4.78 is 12.3. The number of piperidine rings is 1. The third kappa shape index (κ3) is 4.34. The van der Waals surface area contributed by atoms with Gasteiger partial charge in [0.1, 0.15) is 5.75 Å². The lowest BCUT2D eigenvalue weighted by Crippen LogP contribution is -2.44. The molecule has 1 saturated heterocycles. The van der Waals surface area contributed by atoms with E-state index in [0.717, 1.165) is 31.9 Å². The standard InChI is InChI=1S/C22H37NO2Si/c1-17(20-10-9-19-11-13-24-21(19)14-20)23-12-7-8-18(15-23)16-25-26(5,6)22(2,3)4/h9-10,14,17-18H,7-8,11-13,15-16H2,1-6H3. The van der Waals surface area contributed by atoms with Gasteiger partial charge in [0, 0.05) is 25.6 Å². The highest BCUT2D eigenvalue weighted by molar-refractivity contribution is 6.74. The fourth-order valence-corrected chi connectivity index (χ4v) is 4.87. The average Bonchev–Trinajstić information content (AvgIpc) is 3.06. The lowest BCUT2D eigenvalue weighted by atomic mass is 9.95. The Bertz CT molecular complexity index is 623. The molecule has 4 heteroatoms. The minimum absolute atomic E-state index is 0.291. The zero-order valence-electron chi connectivity index (χ0n) is 17.6. The summed E-state index contributed by atoms with van der Waals surface area (Å²) in [5.41, 5.74) is 2.75. The van der Waals surface area contributed by atoms with Crippen molar-refractivity contribution in [1.82, 2.24) is 4.90 Å². The number of hydrogen-bond donors (Lipinski definition) is 0. The Balaban J connectivity index is 1.59. The van der Waals surface area contributed by atoms with Gasteiger partial charge in [-0.2, -0.15) is 0 Å². The Morgan fingerprint density at radius 3 is 2.81 bits per heavy atom. The van der Waals surface area contributed by atoms with Crippen molar-refractivity contribution < 1.29 is 9.16 Å². The minimum atomic E-state index is -1.65. The molecule has 0 spiro atoms. The summed E-state index contributed by atoms with van der Waals surface area (Å²) >= 11 is 0. The van der Waals surface area contributed by atoms with Crippen molar-refractivity contribution in [2.45, 2.75) is 71.1 Å². The van der Waals surface area contributed by atoms with Crippen LogP contribution in [0.25, 0.3) is 0 Å². The molecule has 0 bridgehead atoms. The maximum Gasteiger partial charge on any atom is 0.191 e. The van der Waals surface area contributed by atoms with Crippen LogP contribution in [0.1, 0.15) is 57.7 Å². The molecule has 1 aromatic rings. The van der Waals surface area contributed by atoms with Gasteiger partial charge < -0.3 is 9.16 Å². The molecule has 0 N–H and O–H groups in total. The molecule has 2 heterocycles. The zero-order chi connectivity index (χ0) is 18.9. The van der Waals surface area contributed by atoms with Crippen LogP contribution >= 0.6 is 0 Å². The lowest BCUT2D eigenvalue weighted by Gasteiger charge is -2.40. The molecule has 3 rings (SSSR count).